The molecule has 0 radical (unpaired) electrons. The Labute approximate surface area is 108 Å². The Bertz CT molecular complexity index is 499. The summed E-state index contributed by atoms with van der Waals surface area (Å²) in [5.74, 6) is 2.03. The van der Waals surface area contributed by atoms with Crippen molar-refractivity contribution in [2.24, 2.45) is 0 Å². The third kappa shape index (κ3) is 2.33. The van der Waals surface area contributed by atoms with E-state index in [1.54, 1.807) is 14.2 Å². The number of benzene rings is 1. The van der Waals surface area contributed by atoms with Crippen LogP contribution in [0, 0.1) is 11.3 Å². The van der Waals surface area contributed by atoms with Crippen LogP contribution in [0.1, 0.15) is 36.3 Å². The van der Waals surface area contributed by atoms with Crippen molar-refractivity contribution in [3.05, 3.63) is 46.9 Å². The first-order valence-corrected chi connectivity index (χ1v) is 6.11. The molecule has 0 saturated heterocycles. The van der Waals surface area contributed by atoms with Crippen LogP contribution in [0.4, 0.5) is 0 Å². The zero-order valence-corrected chi connectivity index (χ0v) is 10.8. The number of methoxy groups -OCH3 is 2. The molecule has 1 atom stereocenters. The molecule has 94 valence electrons. The number of hydrogen-bond donors (Lipinski definition) is 0. The summed E-state index contributed by atoms with van der Waals surface area (Å²) in [7, 11) is 3.36. The first-order valence-electron chi connectivity index (χ1n) is 6.11. The second kappa shape index (κ2) is 5.59. The summed E-state index contributed by atoms with van der Waals surface area (Å²) in [6.45, 7) is 0. The summed E-state index contributed by atoms with van der Waals surface area (Å²) in [5, 5.41) is 8.96. The molecule has 0 heterocycles. The lowest BCUT2D eigenvalue weighted by Crippen LogP contribution is -2.13. The van der Waals surface area contributed by atoms with E-state index in [0.29, 0.717) is 5.56 Å². The highest BCUT2D eigenvalue weighted by Crippen LogP contribution is 2.38. The standard InChI is InChI=1S/C15H17NO2/c1-17-14-8-4-7-13(15(14)18-2)12-6-3-5-11(9-12)10-16/h3,5-6,9,13H,4,7-8H2,1-2H3. The lowest BCUT2D eigenvalue weighted by molar-refractivity contribution is 0.178. The normalized spacial score (nSPS) is 19.3. The van der Waals surface area contributed by atoms with Crippen LogP contribution in [0.15, 0.2) is 35.8 Å². The Morgan fingerprint density at radius 2 is 2.11 bits per heavy atom. The highest BCUT2D eigenvalue weighted by atomic mass is 16.5. The molecule has 0 bridgehead atoms. The van der Waals surface area contributed by atoms with Crippen molar-refractivity contribution < 1.29 is 9.47 Å². The Morgan fingerprint density at radius 3 is 2.78 bits per heavy atom. The molecule has 1 aromatic carbocycles. The van der Waals surface area contributed by atoms with Gasteiger partial charge in [0.2, 0.25) is 0 Å². The average Bonchev–Trinajstić information content (AvgIpc) is 2.46. The number of ether oxygens (including phenoxy) is 2. The average molecular weight is 243 g/mol. The summed E-state index contributed by atoms with van der Waals surface area (Å²) >= 11 is 0. The van der Waals surface area contributed by atoms with Crippen LogP contribution in [0.5, 0.6) is 0 Å². The van der Waals surface area contributed by atoms with Crippen LogP contribution >= 0.6 is 0 Å². The van der Waals surface area contributed by atoms with E-state index >= 15 is 0 Å². The summed E-state index contributed by atoms with van der Waals surface area (Å²) in [4.78, 5) is 0. The third-order valence-corrected chi connectivity index (χ3v) is 3.37. The van der Waals surface area contributed by atoms with E-state index in [1.807, 2.05) is 24.3 Å². The number of hydrogen-bond acceptors (Lipinski definition) is 3. The van der Waals surface area contributed by atoms with Crippen LogP contribution in [0.25, 0.3) is 0 Å². The fraction of sp³-hybridized carbons (Fsp3) is 0.400. The molecule has 3 heteroatoms. The van der Waals surface area contributed by atoms with E-state index in [1.165, 1.54) is 0 Å². The highest BCUT2D eigenvalue weighted by molar-refractivity contribution is 5.37. The molecular formula is C15H17NO2. The maximum absolute atomic E-state index is 8.96. The second-order valence-corrected chi connectivity index (χ2v) is 4.38. The highest BCUT2D eigenvalue weighted by Gasteiger charge is 2.26. The Morgan fingerprint density at radius 1 is 1.28 bits per heavy atom. The van der Waals surface area contributed by atoms with E-state index in [-0.39, 0.29) is 5.92 Å². The Kier molecular flexibility index (Phi) is 3.88. The molecule has 2 rings (SSSR count). The molecule has 0 amide bonds. The van der Waals surface area contributed by atoms with Gasteiger partial charge >= 0.3 is 0 Å². The predicted octanol–water partition coefficient (Wildman–Crippen LogP) is 3.33. The molecule has 18 heavy (non-hydrogen) atoms. The Balaban J connectivity index is 2.39. The smallest absolute Gasteiger partial charge is 0.140 e. The molecule has 0 aromatic heterocycles. The van der Waals surface area contributed by atoms with Gasteiger partial charge in [-0.2, -0.15) is 5.26 Å². The summed E-state index contributed by atoms with van der Waals surface area (Å²) in [6.07, 6.45) is 3.04. The molecule has 1 aliphatic carbocycles. The summed E-state index contributed by atoms with van der Waals surface area (Å²) < 4.78 is 10.9. The van der Waals surface area contributed by atoms with Gasteiger partial charge in [0, 0.05) is 12.3 Å². The van der Waals surface area contributed by atoms with Gasteiger partial charge in [-0.15, -0.1) is 0 Å². The predicted molar refractivity (Wildman–Crippen MR) is 68.8 cm³/mol. The van der Waals surface area contributed by atoms with Gasteiger partial charge in [0.25, 0.3) is 0 Å². The number of nitrogens with zero attached hydrogens (tertiary/aromatic N) is 1. The van der Waals surface area contributed by atoms with Crippen molar-refractivity contribution in [2.75, 3.05) is 14.2 Å². The summed E-state index contributed by atoms with van der Waals surface area (Å²) in [5.41, 5.74) is 1.81. The van der Waals surface area contributed by atoms with Gasteiger partial charge in [-0.1, -0.05) is 12.1 Å². The maximum Gasteiger partial charge on any atom is 0.140 e. The minimum atomic E-state index is 0.201. The van der Waals surface area contributed by atoms with Crippen molar-refractivity contribution >= 4 is 0 Å². The minimum absolute atomic E-state index is 0.201. The van der Waals surface area contributed by atoms with Crippen molar-refractivity contribution in [3.8, 4) is 6.07 Å². The fourth-order valence-electron chi connectivity index (χ4n) is 2.52. The molecule has 3 nitrogen and oxygen atoms in total. The molecule has 0 aliphatic heterocycles. The zero-order chi connectivity index (χ0) is 13.0. The minimum Gasteiger partial charge on any atom is -0.498 e. The summed E-state index contributed by atoms with van der Waals surface area (Å²) in [6, 6.07) is 9.89. The molecule has 1 unspecified atom stereocenters. The fourth-order valence-corrected chi connectivity index (χ4v) is 2.52. The third-order valence-electron chi connectivity index (χ3n) is 3.37. The van der Waals surface area contributed by atoms with Crippen molar-refractivity contribution in [1.29, 1.82) is 5.26 Å². The molecule has 0 saturated carbocycles. The van der Waals surface area contributed by atoms with Crippen LogP contribution in [-0.4, -0.2) is 14.2 Å². The molecule has 0 spiro atoms. The van der Waals surface area contributed by atoms with Gasteiger partial charge in [-0.25, -0.2) is 0 Å². The van der Waals surface area contributed by atoms with Crippen molar-refractivity contribution in [2.45, 2.75) is 25.2 Å². The van der Waals surface area contributed by atoms with Gasteiger partial charge in [-0.3, -0.25) is 0 Å². The van der Waals surface area contributed by atoms with Crippen molar-refractivity contribution in [3.63, 3.8) is 0 Å². The molecule has 1 aromatic rings. The maximum atomic E-state index is 8.96. The van der Waals surface area contributed by atoms with Crippen LogP contribution < -0.4 is 0 Å². The number of nitriles is 1. The second-order valence-electron chi connectivity index (χ2n) is 4.38. The quantitative estimate of drug-likeness (QED) is 0.817. The van der Waals surface area contributed by atoms with Crippen molar-refractivity contribution in [1.82, 2.24) is 0 Å². The van der Waals surface area contributed by atoms with Crippen LogP contribution in [0.2, 0.25) is 0 Å². The van der Waals surface area contributed by atoms with Gasteiger partial charge in [0.15, 0.2) is 0 Å². The molecule has 0 N–H and O–H groups in total. The number of allylic oxidation sites excluding steroid dienone is 2. The van der Waals surface area contributed by atoms with Gasteiger partial charge in [0.05, 0.1) is 25.9 Å². The van der Waals surface area contributed by atoms with Gasteiger partial charge in [0.1, 0.15) is 11.5 Å². The lowest BCUT2D eigenvalue weighted by Gasteiger charge is -2.26. The topological polar surface area (TPSA) is 42.2 Å². The molecule has 1 aliphatic rings. The lowest BCUT2D eigenvalue weighted by atomic mass is 9.86. The molecule has 0 fully saturated rings. The van der Waals surface area contributed by atoms with E-state index in [2.05, 4.69) is 6.07 Å². The van der Waals surface area contributed by atoms with E-state index in [0.717, 1.165) is 36.3 Å². The number of rotatable bonds is 3. The van der Waals surface area contributed by atoms with E-state index < -0.39 is 0 Å². The zero-order valence-electron chi connectivity index (χ0n) is 10.8. The van der Waals surface area contributed by atoms with Gasteiger partial charge < -0.3 is 9.47 Å². The first-order chi connectivity index (χ1) is 8.80. The van der Waals surface area contributed by atoms with E-state index in [4.69, 9.17) is 14.7 Å². The first kappa shape index (κ1) is 12.5. The van der Waals surface area contributed by atoms with Crippen LogP contribution in [-0.2, 0) is 9.47 Å². The monoisotopic (exact) mass is 243 g/mol. The SMILES string of the molecule is COC1=C(OC)C(c2cccc(C#N)c2)CCC1. The molecular weight excluding hydrogens is 226 g/mol. The van der Waals surface area contributed by atoms with E-state index in [9.17, 15) is 0 Å². The van der Waals surface area contributed by atoms with Gasteiger partial charge in [-0.05, 0) is 30.5 Å². The largest absolute Gasteiger partial charge is 0.498 e. The Hall–Kier alpha value is -1.95. The van der Waals surface area contributed by atoms with Crippen LogP contribution in [0.3, 0.4) is 0 Å².